The number of pyridine rings is 1. The average molecular weight is 267 g/mol. The largest absolute Gasteiger partial charge is 0.306 e. The minimum absolute atomic E-state index is 0.196. The molecule has 1 N–H and O–H groups in total. The lowest BCUT2D eigenvalue weighted by Crippen LogP contribution is -2.22. The molecule has 0 saturated carbocycles. The minimum Gasteiger partial charge on any atom is -0.306 e. The molecule has 90 valence electrons. The standard InChI is InChI=1S/C13H15ClN2S/c1-2-7-16-13(10-4-3-8-15-9-10)11-5-6-12(14)17-11/h3-6,8-9,13,16H,2,7H2,1H3. The van der Waals surface area contributed by atoms with Gasteiger partial charge >= 0.3 is 0 Å². The van der Waals surface area contributed by atoms with Crippen molar-refractivity contribution >= 4 is 22.9 Å². The smallest absolute Gasteiger partial charge is 0.0931 e. The predicted molar refractivity (Wildman–Crippen MR) is 73.7 cm³/mol. The maximum absolute atomic E-state index is 6.00. The number of nitrogens with one attached hydrogen (secondary N) is 1. The zero-order valence-electron chi connectivity index (χ0n) is 9.69. The van der Waals surface area contributed by atoms with E-state index >= 15 is 0 Å². The Morgan fingerprint density at radius 3 is 2.88 bits per heavy atom. The molecule has 0 spiro atoms. The highest BCUT2D eigenvalue weighted by Crippen LogP contribution is 2.30. The molecule has 0 bridgehead atoms. The van der Waals surface area contributed by atoms with E-state index in [-0.39, 0.29) is 6.04 Å². The van der Waals surface area contributed by atoms with Crippen molar-refractivity contribution < 1.29 is 0 Å². The van der Waals surface area contributed by atoms with Gasteiger partial charge in [-0.2, -0.15) is 0 Å². The first-order chi connectivity index (χ1) is 8.31. The van der Waals surface area contributed by atoms with Crippen molar-refractivity contribution in [1.29, 1.82) is 0 Å². The Hall–Kier alpha value is -0.900. The maximum Gasteiger partial charge on any atom is 0.0931 e. The molecule has 17 heavy (non-hydrogen) atoms. The summed E-state index contributed by atoms with van der Waals surface area (Å²) in [6.07, 6.45) is 4.80. The summed E-state index contributed by atoms with van der Waals surface area (Å²) in [5, 5.41) is 3.53. The molecule has 1 atom stereocenters. The van der Waals surface area contributed by atoms with Gasteiger partial charge in [-0.15, -0.1) is 11.3 Å². The van der Waals surface area contributed by atoms with Crippen LogP contribution in [0, 0.1) is 0 Å². The van der Waals surface area contributed by atoms with Crippen LogP contribution in [0.4, 0.5) is 0 Å². The second kappa shape index (κ2) is 6.15. The summed E-state index contributed by atoms with van der Waals surface area (Å²) in [4.78, 5) is 5.41. The number of rotatable bonds is 5. The second-order valence-corrected chi connectivity index (χ2v) is 5.56. The van der Waals surface area contributed by atoms with E-state index in [0.29, 0.717) is 0 Å². The molecule has 0 aliphatic rings. The number of hydrogen-bond donors (Lipinski definition) is 1. The average Bonchev–Trinajstić information content (AvgIpc) is 2.78. The first-order valence-corrected chi connectivity index (χ1v) is 6.89. The Bertz CT molecular complexity index is 455. The molecule has 0 aliphatic heterocycles. The molecule has 4 heteroatoms. The summed E-state index contributed by atoms with van der Waals surface area (Å²) in [6.45, 7) is 3.14. The van der Waals surface area contributed by atoms with Gasteiger partial charge in [0.2, 0.25) is 0 Å². The zero-order chi connectivity index (χ0) is 12.1. The van der Waals surface area contributed by atoms with Crippen LogP contribution >= 0.6 is 22.9 Å². The quantitative estimate of drug-likeness (QED) is 0.888. The van der Waals surface area contributed by atoms with Crippen molar-refractivity contribution in [2.75, 3.05) is 6.54 Å². The molecule has 0 aromatic carbocycles. The lowest BCUT2D eigenvalue weighted by molar-refractivity contribution is 0.604. The van der Waals surface area contributed by atoms with Crippen molar-refractivity contribution in [3.05, 3.63) is 51.4 Å². The highest BCUT2D eigenvalue weighted by Gasteiger charge is 2.15. The van der Waals surface area contributed by atoms with Gasteiger partial charge in [-0.3, -0.25) is 4.98 Å². The third kappa shape index (κ3) is 3.28. The molecular weight excluding hydrogens is 252 g/mol. The molecule has 0 aliphatic carbocycles. The zero-order valence-corrected chi connectivity index (χ0v) is 11.3. The second-order valence-electron chi connectivity index (χ2n) is 3.82. The number of nitrogens with zero attached hydrogens (tertiary/aromatic N) is 1. The van der Waals surface area contributed by atoms with Crippen molar-refractivity contribution in [2.24, 2.45) is 0 Å². The van der Waals surface area contributed by atoms with Crippen LogP contribution in [-0.2, 0) is 0 Å². The molecule has 2 nitrogen and oxygen atoms in total. The van der Waals surface area contributed by atoms with Crippen molar-refractivity contribution in [3.63, 3.8) is 0 Å². The summed E-state index contributed by atoms with van der Waals surface area (Å²) < 4.78 is 0.826. The van der Waals surface area contributed by atoms with Crippen LogP contribution in [0.1, 0.15) is 29.8 Å². The highest BCUT2D eigenvalue weighted by molar-refractivity contribution is 7.16. The molecule has 0 amide bonds. The Morgan fingerprint density at radius 2 is 2.29 bits per heavy atom. The first-order valence-electron chi connectivity index (χ1n) is 5.70. The van der Waals surface area contributed by atoms with Gasteiger partial charge in [0.05, 0.1) is 10.4 Å². The fourth-order valence-electron chi connectivity index (χ4n) is 1.70. The molecule has 2 heterocycles. The van der Waals surface area contributed by atoms with Crippen LogP contribution in [-0.4, -0.2) is 11.5 Å². The third-order valence-electron chi connectivity index (χ3n) is 2.49. The van der Waals surface area contributed by atoms with E-state index in [0.717, 1.165) is 17.3 Å². The van der Waals surface area contributed by atoms with Gasteiger partial charge < -0.3 is 5.32 Å². The molecule has 0 radical (unpaired) electrons. The molecule has 2 aromatic rings. The first kappa shape index (κ1) is 12.6. The fraction of sp³-hybridized carbons (Fsp3) is 0.308. The summed E-state index contributed by atoms with van der Waals surface area (Å²) in [6, 6.07) is 8.27. The van der Waals surface area contributed by atoms with E-state index in [1.807, 2.05) is 18.3 Å². The predicted octanol–water partition coefficient (Wildman–Crippen LogP) is 3.89. The van der Waals surface area contributed by atoms with Crippen molar-refractivity contribution in [1.82, 2.24) is 10.3 Å². The Morgan fingerprint density at radius 1 is 1.41 bits per heavy atom. The van der Waals surface area contributed by atoms with Crippen molar-refractivity contribution in [2.45, 2.75) is 19.4 Å². The van der Waals surface area contributed by atoms with Crippen LogP contribution < -0.4 is 5.32 Å². The van der Waals surface area contributed by atoms with E-state index in [4.69, 9.17) is 11.6 Å². The molecule has 1 unspecified atom stereocenters. The summed E-state index contributed by atoms with van der Waals surface area (Å²) in [7, 11) is 0. The van der Waals surface area contributed by atoms with Crippen LogP contribution in [0.2, 0.25) is 4.34 Å². The number of halogens is 1. The topological polar surface area (TPSA) is 24.9 Å². The van der Waals surface area contributed by atoms with Crippen molar-refractivity contribution in [3.8, 4) is 0 Å². The van der Waals surface area contributed by atoms with E-state index in [1.54, 1.807) is 17.5 Å². The molecule has 0 saturated heterocycles. The van der Waals surface area contributed by atoms with Gasteiger partial charge in [0.25, 0.3) is 0 Å². The highest BCUT2D eigenvalue weighted by atomic mass is 35.5. The van der Waals surface area contributed by atoms with E-state index < -0.39 is 0 Å². The number of thiophene rings is 1. The van der Waals surface area contributed by atoms with E-state index in [1.165, 1.54) is 10.4 Å². The Balaban J connectivity index is 2.25. The number of aromatic nitrogens is 1. The molecule has 2 aromatic heterocycles. The van der Waals surface area contributed by atoms with Crippen LogP contribution in [0.3, 0.4) is 0 Å². The minimum atomic E-state index is 0.196. The van der Waals surface area contributed by atoms with Gasteiger partial charge in [-0.25, -0.2) is 0 Å². The Labute approximate surface area is 111 Å². The SMILES string of the molecule is CCCNC(c1cccnc1)c1ccc(Cl)s1. The van der Waals surface area contributed by atoms with Gasteiger partial charge in [0.15, 0.2) is 0 Å². The normalized spacial score (nSPS) is 12.6. The van der Waals surface area contributed by atoms with Gasteiger partial charge in [-0.1, -0.05) is 24.6 Å². The molecule has 0 fully saturated rings. The number of hydrogen-bond acceptors (Lipinski definition) is 3. The monoisotopic (exact) mass is 266 g/mol. The summed E-state index contributed by atoms with van der Waals surface area (Å²) in [5.74, 6) is 0. The van der Waals surface area contributed by atoms with E-state index in [2.05, 4.69) is 29.4 Å². The Kier molecular flexibility index (Phi) is 4.54. The van der Waals surface area contributed by atoms with Gasteiger partial charge in [-0.05, 0) is 36.7 Å². The molecule has 2 rings (SSSR count). The van der Waals surface area contributed by atoms with Crippen LogP contribution in [0.25, 0.3) is 0 Å². The third-order valence-corrected chi connectivity index (χ3v) is 3.79. The molecular formula is C13H15ClN2S. The lowest BCUT2D eigenvalue weighted by atomic mass is 10.1. The van der Waals surface area contributed by atoms with Crippen LogP contribution in [0.5, 0.6) is 0 Å². The summed E-state index contributed by atoms with van der Waals surface area (Å²) in [5.41, 5.74) is 1.18. The lowest BCUT2D eigenvalue weighted by Gasteiger charge is -2.17. The summed E-state index contributed by atoms with van der Waals surface area (Å²) >= 11 is 7.62. The van der Waals surface area contributed by atoms with Gasteiger partial charge in [0, 0.05) is 17.3 Å². The maximum atomic E-state index is 6.00. The van der Waals surface area contributed by atoms with E-state index in [9.17, 15) is 0 Å². The van der Waals surface area contributed by atoms with Gasteiger partial charge in [0.1, 0.15) is 0 Å². The van der Waals surface area contributed by atoms with Crippen LogP contribution in [0.15, 0.2) is 36.7 Å². The fourth-order valence-corrected chi connectivity index (χ4v) is 2.87.